The third kappa shape index (κ3) is 2.59. The molecule has 4 nitrogen and oxygen atoms in total. The van der Waals surface area contributed by atoms with Crippen molar-refractivity contribution in [3.05, 3.63) is 39.9 Å². The SMILES string of the molecule is CCNCc1cnnn1-c1cc(Br)c(F)cc1C. The van der Waals surface area contributed by atoms with Gasteiger partial charge in [0.2, 0.25) is 0 Å². The molecular weight excluding hydrogens is 299 g/mol. The zero-order valence-electron chi connectivity index (χ0n) is 10.2. The number of aryl methyl sites for hydroxylation is 1. The number of rotatable bonds is 4. The molecule has 0 fully saturated rings. The van der Waals surface area contributed by atoms with E-state index in [1.54, 1.807) is 16.9 Å². The number of nitrogens with one attached hydrogen (secondary N) is 1. The molecule has 0 saturated carbocycles. The molecule has 0 amide bonds. The highest BCUT2D eigenvalue weighted by atomic mass is 79.9. The molecule has 0 atom stereocenters. The predicted octanol–water partition coefficient (Wildman–Crippen LogP) is 2.59. The standard InChI is InChI=1S/C12H14BrFN4/c1-3-15-6-9-7-16-17-18(9)12-5-10(13)11(14)4-8(12)2/h4-5,7,15H,3,6H2,1-2H3. The first-order chi connectivity index (χ1) is 8.63. The number of hydrogen-bond donors (Lipinski definition) is 1. The minimum atomic E-state index is -0.274. The van der Waals surface area contributed by atoms with Gasteiger partial charge in [-0.3, -0.25) is 0 Å². The molecule has 1 aromatic carbocycles. The molecule has 0 saturated heterocycles. The molecule has 0 bridgehead atoms. The number of halogens is 2. The lowest BCUT2D eigenvalue weighted by Crippen LogP contribution is -2.15. The summed E-state index contributed by atoms with van der Waals surface area (Å²) in [6, 6.07) is 3.20. The number of hydrogen-bond acceptors (Lipinski definition) is 3. The van der Waals surface area contributed by atoms with Crippen LogP contribution in [0.25, 0.3) is 5.69 Å². The van der Waals surface area contributed by atoms with Crippen molar-refractivity contribution in [1.29, 1.82) is 0 Å². The molecular formula is C12H14BrFN4. The van der Waals surface area contributed by atoms with Crippen molar-refractivity contribution < 1.29 is 4.39 Å². The quantitative estimate of drug-likeness (QED) is 0.943. The largest absolute Gasteiger partial charge is 0.311 e. The molecule has 2 aromatic rings. The molecule has 0 spiro atoms. The van der Waals surface area contributed by atoms with Gasteiger partial charge >= 0.3 is 0 Å². The Hall–Kier alpha value is -1.27. The van der Waals surface area contributed by atoms with Gasteiger partial charge in [-0.15, -0.1) is 5.10 Å². The lowest BCUT2D eigenvalue weighted by molar-refractivity contribution is 0.617. The van der Waals surface area contributed by atoms with Crippen LogP contribution >= 0.6 is 15.9 Å². The predicted molar refractivity (Wildman–Crippen MR) is 71.1 cm³/mol. The van der Waals surface area contributed by atoms with Crippen LogP contribution in [-0.4, -0.2) is 21.5 Å². The molecule has 0 radical (unpaired) electrons. The maximum atomic E-state index is 13.4. The van der Waals surface area contributed by atoms with Crippen molar-refractivity contribution in [3.63, 3.8) is 0 Å². The fraction of sp³-hybridized carbons (Fsp3) is 0.333. The van der Waals surface area contributed by atoms with E-state index in [0.717, 1.165) is 23.5 Å². The van der Waals surface area contributed by atoms with E-state index in [4.69, 9.17) is 0 Å². The molecule has 0 aliphatic rings. The molecule has 1 aromatic heterocycles. The summed E-state index contributed by atoms with van der Waals surface area (Å²) in [6.45, 7) is 5.44. The van der Waals surface area contributed by atoms with Crippen LogP contribution in [0.5, 0.6) is 0 Å². The molecule has 96 valence electrons. The Morgan fingerprint density at radius 3 is 2.94 bits per heavy atom. The van der Waals surface area contributed by atoms with Gasteiger partial charge in [0.15, 0.2) is 0 Å². The molecule has 0 unspecified atom stereocenters. The first-order valence-corrected chi connectivity index (χ1v) is 6.49. The van der Waals surface area contributed by atoms with Crippen molar-refractivity contribution in [2.75, 3.05) is 6.54 Å². The van der Waals surface area contributed by atoms with Crippen LogP contribution in [0, 0.1) is 12.7 Å². The van der Waals surface area contributed by atoms with E-state index in [1.165, 1.54) is 6.07 Å². The van der Waals surface area contributed by atoms with Crippen molar-refractivity contribution in [2.45, 2.75) is 20.4 Å². The second-order valence-electron chi connectivity index (χ2n) is 3.97. The fourth-order valence-corrected chi connectivity index (χ4v) is 2.03. The molecule has 0 aliphatic carbocycles. The van der Waals surface area contributed by atoms with Crippen LogP contribution in [0.15, 0.2) is 22.8 Å². The average Bonchev–Trinajstić information content (AvgIpc) is 2.79. The van der Waals surface area contributed by atoms with Gasteiger partial charge in [0.25, 0.3) is 0 Å². The summed E-state index contributed by atoms with van der Waals surface area (Å²) in [5.74, 6) is -0.274. The van der Waals surface area contributed by atoms with Gasteiger partial charge < -0.3 is 5.32 Å². The second kappa shape index (κ2) is 5.58. The molecule has 6 heteroatoms. The topological polar surface area (TPSA) is 42.7 Å². The van der Waals surface area contributed by atoms with E-state index >= 15 is 0 Å². The third-order valence-electron chi connectivity index (χ3n) is 2.64. The third-order valence-corrected chi connectivity index (χ3v) is 3.25. The number of aromatic nitrogens is 3. The minimum Gasteiger partial charge on any atom is -0.311 e. The van der Waals surface area contributed by atoms with Gasteiger partial charge in [-0.05, 0) is 47.1 Å². The summed E-state index contributed by atoms with van der Waals surface area (Å²) in [5, 5.41) is 11.2. The van der Waals surface area contributed by atoms with Crippen LogP contribution in [0.3, 0.4) is 0 Å². The Kier molecular flexibility index (Phi) is 4.08. The van der Waals surface area contributed by atoms with Gasteiger partial charge in [-0.1, -0.05) is 12.1 Å². The maximum absolute atomic E-state index is 13.4. The Bertz CT molecular complexity index is 553. The van der Waals surface area contributed by atoms with Crippen LogP contribution < -0.4 is 5.32 Å². The highest BCUT2D eigenvalue weighted by molar-refractivity contribution is 9.10. The second-order valence-corrected chi connectivity index (χ2v) is 4.82. The van der Waals surface area contributed by atoms with Gasteiger partial charge in [-0.2, -0.15) is 0 Å². The van der Waals surface area contributed by atoms with Gasteiger partial charge in [0, 0.05) is 6.54 Å². The Balaban J connectivity index is 2.42. The summed E-state index contributed by atoms with van der Waals surface area (Å²) in [4.78, 5) is 0. The van der Waals surface area contributed by atoms with Gasteiger partial charge in [0.1, 0.15) is 5.82 Å². The van der Waals surface area contributed by atoms with Crippen LogP contribution in [0.1, 0.15) is 18.2 Å². The Morgan fingerprint density at radius 2 is 2.22 bits per heavy atom. The van der Waals surface area contributed by atoms with Crippen molar-refractivity contribution >= 4 is 15.9 Å². The zero-order valence-corrected chi connectivity index (χ0v) is 11.8. The summed E-state index contributed by atoms with van der Waals surface area (Å²) >= 11 is 3.19. The Labute approximate surface area is 113 Å². The first-order valence-electron chi connectivity index (χ1n) is 5.69. The van der Waals surface area contributed by atoms with E-state index in [2.05, 4.69) is 31.6 Å². The molecule has 18 heavy (non-hydrogen) atoms. The smallest absolute Gasteiger partial charge is 0.137 e. The van der Waals surface area contributed by atoms with Gasteiger partial charge in [-0.25, -0.2) is 9.07 Å². The average molecular weight is 313 g/mol. The van der Waals surface area contributed by atoms with E-state index in [9.17, 15) is 4.39 Å². The van der Waals surface area contributed by atoms with E-state index in [-0.39, 0.29) is 5.82 Å². The summed E-state index contributed by atoms with van der Waals surface area (Å²) in [7, 11) is 0. The molecule has 1 heterocycles. The van der Waals surface area contributed by atoms with E-state index < -0.39 is 0 Å². The van der Waals surface area contributed by atoms with E-state index in [0.29, 0.717) is 11.0 Å². The fourth-order valence-electron chi connectivity index (χ4n) is 1.70. The lowest BCUT2D eigenvalue weighted by Gasteiger charge is -2.10. The number of benzene rings is 1. The maximum Gasteiger partial charge on any atom is 0.137 e. The van der Waals surface area contributed by atoms with Crippen molar-refractivity contribution in [1.82, 2.24) is 20.3 Å². The molecule has 2 rings (SSSR count). The molecule has 0 aliphatic heterocycles. The lowest BCUT2D eigenvalue weighted by atomic mass is 10.2. The van der Waals surface area contributed by atoms with Crippen molar-refractivity contribution in [2.24, 2.45) is 0 Å². The zero-order chi connectivity index (χ0) is 13.1. The first kappa shape index (κ1) is 13.2. The van der Waals surface area contributed by atoms with Crippen LogP contribution in [0.4, 0.5) is 4.39 Å². The summed E-state index contributed by atoms with van der Waals surface area (Å²) in [5.41, 5.74) is 2.59. The van der Waals surface area contributed by atoms with Crippen molar-refractivity contribution in [3.8, 4) is 5.69 Å². The highest BCUT2D eigenvalue weighted by Gasteiger charge is 2.11. The molecule has 1 N–H and O–H groups in total. The summed E-state index contributed by atoms with van der Waals surface area (Å²) in [6.07, 6.45) is 1.71. The van der Waals surface area contributed by atoms with E-state index in [1.807, 2.05) is 13.8 Å². The van der Waals surface area contributed by atoms with Gasteiger partial charge in [0.05, 0.1) is 22.1 Å². The highest BCUT2D eigenvalue weighted by Crippen LogP contribution is 2.23. The monoisotopic (exact) mass is 312 g/mol. The van der Waals surface area contributed by atoms with Crippen LogP contribution in [0.2, 0.25) is 0 Å². The Morgan fingerprint density at radius 1 is 1.44 bits per heavy atom. The number of nitrogens with zero attached hydrogens (tertiary/aromatic N) is 3. The minimum absolute atomic E-state index is 0.274. The summed E-state index contributed by atoms with van der Waals surface area (Å²) < 4.78 is 15.5. The van der Waals surface area contributed by atoms with Crippen LogP contribution in [-0.2, 0) is 6.54 Å². The normalized spacial score (nSPS) is 10.9.